The first-order valence-electron chi connectivity index (χ1n) is 7.94. The van der Waals surface area contributed by atoms with Crippen molar-refractivity contribution < 1.29 is 18.7 Å². The van der Waals surface area contributed by atoms with Crippen molar-refractivity contribution in [1.82, 2.24) is 0 Å². The van der Waals surface area contributed by atoms with Crippen molar-refractivity contribution in [2.24, 2.45) is 0 Å². The zero-order chi connectivity index (χ0) is 17.4. The normalized spacial score (nSPS) is 11.6. The highest BCUT2D eigenvalue weighted by Crippen LogP contribution is 2.24. The molecule has 0 radical (unpaired) electrons. The number of hydrogen-bond donors (Lipinski definition) is 0. The lowest BCUT2D eigenvalue weighted by molar-refractivity contribution is -0.151. The van der Waals surface area contributed by atoms with Crippen LogP contribution in [0.2, 0.25) is 0 Å². The molecule has 2 aromatic carbocycles. The molecule has 3 nitrogen and oxygen atoms in total. The van der Waals surface area contributed by atoms with Crippen LogP contribution in [0.15, 0.2) is 61.2 Å². The fourth-order valence-corrected chi connectivity index (χ4v) is 2.26. The van der Waals surface area contributed by atoms with E-state index in [2.05, 4.69) is 6.58 Å². The van der Waals surface area contributed by atoms with E-state index in [1.165, 1.54) is 12.1 Å². The Labute approximate surface area is 141 Å². The van der Waals surface area contributed by atoms with Crippen LogP contribution in [0, 0.1) is 5.82 Å². The lowest BCUT2D eigenvalue weighted by atomic mass is 10.1. The number of benzene rings is 2. The Hall–Kier alpha value is -2.62. The van der Waals surface area contributed by atoms with Crippen LogP contribution in [0.25, 0.3) is 11.1 Å². The van der Waals surface area contributed by atoms with Gasteiger partial charge in [0.05, 0.1) is 6.61 Å². The predicted octanol–water partition coefficient (Wildman–Crippen LogP) is 4.77. The third-order valence-corrected chi connectivity index (χ3v) is 3.49. The Morgan fingerprint density at radius 1 is 1.12 bits per heavy atom. The summed E-state index contributed by atoms with van der Waals surface area (Å²) in [6, 6.07) is 13.6. The van der Waals surface area contributed by atoms with Crippen LogP contribution in [0.3, 0.4) is 0 Å². The quantitative estimate of drug-likeness (QED) is 0.517. The largest absolute Gasteiger partial charge is 0.479 e. The molecular weight excluding hydrogens is 307 g/mol. The first-order chi connectivity index (χ1) is 11.6. The van der Waals surface area contributed by atoms with Crippen LogP contribution < -0.4 is 4.74 Å². The minimum atomic E-state index is -0.653. The molecule has 2 aromatic rings. The molecule has 0 fully saturated rings. The smallest absolute Gasteiger partial charge is 0.347 e. The van der Waals surface area contributed by atoms with E-state index in [-0.39, 0.29) is 11.8 Å². The number of hydrogen-bond acceptors (Lipinski definition) is 3. The first-order valence-corrected chi connectivity index (χ1v) is 7.94. The van der Waals surface area contributed by atoms with Gasteiger partial charge >= 0.3 is 5.97 Å². The Bertz CT molecular complexity index is 662. The minimum Gasteiger partial charge on any atom is -0.479 e. The summed E-state index contributed by atoms with van der Waals surface area (Å²) in [5, 5.41) is 0. The van der Waals surface area contributed by atoms with Gasteiger partial charge in [-0.25, -0.2) is 9.18 Å². The van der Waals surface area contributed by atoms with Crippen molar-refractivity contribution in [3.05, 3.63) is 67.0 Å². The van der Waals surface area contributed by atoms with Gasteiger partial charge in [-0.1, -0.05) is 30.3 Å². The van der Waals surface area contributed by atoms with Crippen LogP contribution in [0.4, 0.5) is 4.39 Å². The van der Waals surface area contributed by atoms with Crippen molar-refractivity contribution in [2.75, 3.05) is 6.61 Å². The maximum absolute atomic E-state index is 13.0. The van der Waals surface area contributed by atoms with E-state index in [0.717, 1.165) is 11.1 Å². The van der Waals surface area contributed by atoms with E-state index < -0.39 is 6.10 Å². The Balaban J connectivity index is 2.08. The van der Waals surface area contributed by atoms with E-state index in [4.69, 9.17) is 9.47 Å². The number of carbonyl (C=O) groups is 1. The predicted molar refractivity (Wildman–Crippen MR) is 92.3 cm³/mol. The molecule has 0 spiro atoms. The summed E-state index contributed by atoms with van der Waals surface area (Å²) in [4.78, 5) is 12.0. The van der Waals surface area contributed by atoms with Crippen molar-refractivity contribution in [3.8, 4) is 16.9 Å². The maximum Gasteiger partial charge on any atom is 0.347 e. The summed E-state index contributed by atoms with van der Waals surface area (Å²) in [5.74, 6) is -0.0526. The number of allylic oxidation sites excluding steroid dienone is 1. The van der Waals surface area contributed by atoms with Gasteiger partial charge in [-0.15, -0.1) is 6.58 Å². The fraction of sp³-hybridized carbons (Fsp3) is 0.250. The van der Waals surface area contributed by atoms with Gasteiger partial charge in [-0.2, -0.15) is 0 Å². The molecule has 1 unspecified atom stereocenters. The van der Waals surface area contributed by atoms with Crippen molar-refractivity contribution in [1.29, 1.82) is 0 Å². The highest BCUT2D eigenvalue weighted by Gasteiger charge is 2.21. The van der Waals surface area contributed by atoms with E-state index in [0.29, 0.717) is 25.2 Å². The number of esters is 1. The Kier molecular flexibility index (Phi) is 6.55. The van der Waals surface area contributed by atoms with E-state index in [1.54, 1.807) is 37.3 Å². The third-order valence-electron chi connectivity index (χ3n) is 3.49. The number of halogens is 1. The molecule has 0 N–H and O–H groups in total. The van der Waals surface area contributed by atoms with Crippen molar-refractivity contribution in [2.45, 2.75) is 25.9 Å². The fourth-order valence-electron chi connectivity index (χ4n) is 2.26. The summed E-state index contributed by atoms with van der Waals surface area (Å²) in [6.07, 6.45) is 2.27. The van der Waals surface area contributed by atoms with E-state index >= 15 is 0 Å². The van der Waals surface area contributed by atoms with Gasteiger partial charge < -0.3 is 9.47 Å². The van der Waals surface area contributed by atoms with Gasteiger partial charge in [0.15, 0.2) is 6.10 Å². The molecule has 24 heavy (non-hydrogen) atoms. The summed E-state index contributed by atoms with van der Waals surface area (Å²) >= 11 is 0. The number of carbonyl (C=O) groups excluding carboxylic acids is 1. The minimum absolute atomic E-state index is 0.266. The van der Waals surface area contributed by atoms with Crippen molar-refractivity contribution in [3.63, 3.8) is 0 Å². The second kappa shape index (κ2) is 8.87. The summed E-state index contributed by atoms with van der Waals surface area (Å²) < 4.78 is 23.8. The van der Waals surface area contributed by atoms with Gasteiger partial charge in [0.1, 0.15) is 11.6 Å². The monoisotopic (exact) mass is 328 g/mol. The summed E-state index contributed by atoms with van der Waals surface area (Å²) in [5.41, 5.74) is 1.86. The molecule has 0 amide bonds. The van der Waals surface area contributed by atoms with Gasteiger partial charge in [-0.05, 0) is 55.2 Å². The molecule has 0 saturated carbocycles. The Morgan fingerprint density at radius 2 is 1.71 bits per heavy atom. The molecular formula is C20H21FO3. The van der Waals surface area contributed by atoms with Crippen LogP contribution >= 0.6 is 0 Å². The van der Waals surface area contributed by atoms with Gasteiger partial charge in [0.25, 0.3) is 0 Å². The molecule has 0 aliphatic carbocycles. The first kappa shape index (κ1) is 17.7. The molecule has 0 aliphatic rings. The highest BCUT2D eigenvalue weighted by molar-refractivity contribution is 5.75. The second-order valence-electron chi connectivity index (χ2n) is 5.26. The third kappa shape index (κ3) is 4.95. The lowest BCUT2D eigenvalue weighted by Gasteiger charge is -2.17. The number of ether oxygens (including phenoxy) is 2. The number of rotatable bonds is 8. The summed E-state index contributed by atoms with van der Waals surface area (Å²) in [7, 11) is 0. The Morgan fingerprint density at radius 3 is 2.25 bits per heavy atom. The van der Waals surface area contributed by atoms with Crippen molar-refractivity contribution >= 4 is 5.97 Å². The average molecular weight is 328 g/mol. The van der Waals surface area contributed by atoms with Crippen LogP contribution in [-0.4, -0.2) is 18.7 Å². The SMILES string of the molecule is C=CCCC(Oc1ccc(-c2ccc(F)cc2)cc1)C(=O)OCC. The molecule has 0 aromatic heterocycles. The van der Waals surface area contributed by atoms with Crippen LogP contribution in [0.5, 0.6) is 5.75 Å². The summed E-state index contributed by atoms with van der Waals surface area (Å²) in [6.45, 7) is 5.74. The zero-order valence-corrected chi connectivity index (χ0v) is 13.7. The molecule has 0 bridgehead atoms. The van der Waals surface area contributed by atoms with Crippen LogP contribution in [-0.2, 0) is 9.53 Å². The topological polar surface area (TPSA) is 35.5 Å². The molecule has 126 valence electrons. The lowest BCUT2D eigenvalue weighted by Crippen LogP contribution is -2.29. The highest BCUT2D eigenvalue weighted by atomic mass is 19.1. The van der Waals surface area contributed by atoms with E-state index in [9.17, 15) is 9.18 Å². The average Bonchev–Trinajstić information content (AvgIpc) is 2.60. The molecule has 4 heteroatoms. The van der Waals surface area contributed by atoms with Gasteiger partial charge in [-0.3, -0.25) is 0 Å². The van der Waals surface area contributed by atoms with E-state index in [1.807, 2.05) is 12.1 Å². The molecule has 0 aliphatic heterocycles. The maximum atomic E-state index is 13.0. The molecule has 0 heterocycles. The van der Waals surface area contributed by atoms with Crippen LogP contribution in [0.1, 0.15) is 19.8 Å². The molecule has 2 rings (SSSR count). The van der Waals surface area contributed by atoms with Gasteiger partial charge in [0.2, 0.25) is 0 Å². The van der Waals surface area contributed by atoms with Gasteiger partial charge in [0, 0.05) is 0 Å². The second-order valence-corrected chi connectivity index (χ2v) is 5.26. The standard InChI is InChI=1S/C20H21FO3/c1-3-5-6-19(20(22)23-4-2)24-18-13-9-16(10-14-18)15-7-11-17(21)12-8-15/h3,7-14,19H,1,4-6H2,2H3. The molecule has 1 atom stereocenters. The zero-order valence-electron chi connectivity index (χ0n) is 13.7. The molecule has 0 saturated heterocycles.